The van der Waals surface area contributed by atoms with Crippen LogP contribution in [0.1, 0.15) is 44.9 Å². The molecule has 3 saturated heterocycles. The molecule has 2 aromatic rings. The summed E-state index contributed by atoms with van der Waals surface area (Å²) in [6.45, 7) is 6.64. The minimum atomic E-state index is -3.92. The molecule has 0 radical (unpaired) electrons. The van der Waals surface area contributed by atoms with Crippen molar-refractivity contribution in [3.8, 4) is 0 Å². The first-order valence-corrected chi connectivity index (χ1v) is 16.5. The molecule has 0 aliphatic carbocycles. The normalized spacial score (nSPS) is 23.7. The number of hydrogen-bond donors (Lipinski definition) is 1. The monoisotopic (exact) mass is 596 g/mol. The number of β-amino-alcohol motifs (C(OH)–C–C–N with tert-alkyl or cyclic N) is 1. The second-order valence-electron chi connectivity index (χ2n) is 10.9. The summed E-state index contributed by atoms with van der Waals surface area (Å²) in [5, 5.41) is 13.7. The number of hydrogen-bond acceptors (Lipinski definition) is 10. The van der Waals surface area contributed by atoms with Gasteiger partial charge < -0.3 is 19.4 Å². The highest BCUT2D eigenvalue weighted by atomic mass is 32.2. The van der Waals surface area contributed by atoms with E-state index in [-0.39, 0.29) is 41.3 Å². The Morgan fingerprint density at radius 2 is 1.50 bits per heavy atom. The number of piperidine rings is 1. The van der Waals surface area contributed by atoms with Gasteiger partial charge in [0, 0.05) is 58.3 Å². The van der Waals surface area contributed by atoms with Crippen LogP contribution in [0.15, 0.2) is 38.6 Å². The van der Waals surface area contributed by atoms with Crippen LogP contribution in [-0.2, 0) is 24.8 Å². The van der Waals surface area contributed by atoms with Crippen LogP contribution in [0.3, 0.4) is 0 Å². The summed E-state index contributed by atoms with van der Waals surface area (Å²) in [5.41, 5.74) is 0. The number of piperazine rings is 1. The molecule has 5 rings (SSSR count). The third kappa shape index (κ3) is 5.75. The Labute approximate surface area is 234 Å². The summed E-state index contributed by atoms with van der Waals surface area (Å²) in [5.74, 6) is 0.274. The van der Waals surface area contributed by atoms with Crippen molar-refractivity contribution in [3.05, 3.63) is 30.1 Å². The van der Waals surface area contributed by atoms with E-state index < -0.39 is 32.1 Å². The van der Waals surface area contributed by atoms with Crippen molar-refractivity contribution in [1.82, 2.24) is 23.7 Å². The fraction of sp³-hybridized carbons (Fsp3) is 0.640. The van der Waals surface area contributed by atoms with Crippen LogP contribution in [0.4, 0.5) is 6.01 Å². The molecule has 1 unspecified atom stereocenters. The van der Waals surface area contributed by atoms with Gasteiger partial charge in [0.1, 0.15) is 0 Å². The van der Waals surface area contributed by atoms with Crippen molar-refractivity contribution in [2.24, 2.45) is 5.92 Å². The Balaban J connectivity index is 1.20. The van der Waals surface area contributed by atoms with Gasteiger partial charge in [0.2, 0.25) is 26.0 Å². The first kappa shape index (κ1) is 28.9. The number of anilines is 1. The number of amides is 1. The van der Waals surface area contributed by atoms with E-state index in [4.69, 9.17) is 4.52 Å². The molecule has 15 heteroatoms. The SMILES string of the molecule is CC(C)c1noc(N2CCN(C(=O)[C@@H]3CCCN(S(=O)(=O)c4ccc(S(=O)(=O)N5CCC(O)C5)cc4)C3)CC2)n1. The lowest BCUT2D eigenvalue weighted by molar-refractivity contribution is -0.137. The van der Waals surface area contributed by atoms with E-state index in [2.05, 4.69) is 10.1 Å². The van der Waals surface area contributed by atoms with Gasteiger partial charge in [-0.1, -0.05) is 19.0 Å². The minimum absolute atomic E-state index is 0.0186. The van der Waals surface area contributed by atoms with Crippen molar-refractivity contribution in [1.29, 1.82) is 0 Å². The second kappa shape index (κ2) is 11.4. The standard InChI is InChI=1S/C25H36N6O7S2/c1-18(2)23-26-25(38-27-23)29-14-12-28(13-15-29)24(33)19-4-3-10-30(16-19)39(34,35)21-5-7-22(8-6-21)40(36,37)31-11-9-20(32)17-31/h5-8,18-20,32H,3-4,9-17H2,1-2H3/t19-,20?/m1/s1. The summed E-state index contributed by atoms with van der Waals surface area (Å²) in [6.07, 6.45) is 0.829. The highest BCUT2D eigenvalue weighted by molar-refractivity contribution is 7.89. The van der Waals surface area contributed by atoms with E-state index in [1.54, 1.807) is 4.90 Å². The molecule has 3 aliphatic heterocycles. The molecular formula is C25H36N6O7S2. The van der Waals surface area contributed by atoms with Gasteiger partial charge in [0.15, 0.2) is 5.82 Å². The maximum absolute atomic E-state index is 13.4. The lowest BCUT2D eigenvalue weighted by atomic mass is 9.98. The van der Waals surface area contributed by atoms with Gasteiger partial charge in [-0.25, -0.2) is 16.8 Å². The molecule has 0 saturated carbocycles. The topological polar surface area (TPSA) is 157 Å². The largest absolute Gasteiger partial charge is 0.392 e. The van der Waals surface area contributed by atoms with Gasteiger partial charge in [-0.15, -0.1) is 0 Å². The molecule has 4 heterocycles. The maximum Gasteiger partial charge on any atom is 0.324 e. The van der Waals surface area contributed by atoms with Gasteiger partial charge in [0.25, 0.3) is 0 Å². The molecule has 220 valence electrons. The molecule has 1 aromatic carbocycles. The van der Waals surface area contributed by atoms with E-state index in [1.807, 2.05) is 18.7 Å². The lowest BCUT2D eigenvalue weighted by Gasteiger charge is -2.38. The van der Waals surface area contributed by atoms with Gasteiger partial charge >= 0.3 is 6.01 Å². The molecule has 1 N–H and O–H groups in total. The zero-order chi connectivity index (χ0) is 28.7. The lowest BCUT2D eigenvalue weighted by Crippen LogP contribution is -2.53. The maximum atomic E-state index is 13.4. The quantitative estimate of drug-likeness (QED) is 0.482. The Morgan fingerprint density at radius 3 is 2.02 bits per heavy atom. The van der Waals surface area contributed by atoms with E-state index in [0.717, 1.165) is 0 Å². The van der Waals surface area contributed by atoms with Crippen LogP contribution in [0.25, 0.3) is 0 Å². The molecule has 3 aliphatic rings. The summed E-state index contributed by atoms with van der Waals surface area (Å²) in [6, 6.07) is 5.60. The fourth-order valence-electron chi connectivity index (χ4n) is 5.34. The smallest absolute Gasteiger partial charge is 0.324 e. The highest BCUT2D eigenvalue weighted by Crippen LogP contribution is 2.28. The van der Waals surface area contributed by atoms with Crippen molar-refractivity contribution in [2.75, 3.05) is 57.3 Å². The summed E-state index contributed by atoms with van der Waals surface area (Å²) >= 11 is 0. The van der Waals surface area contributed by atoms with Gasteiger partial charge in [0.05, 0.1) is 21.8 Å². The van der Waals surface area contributed by atoms with E-state index in [9.17, 15) is 26.7 Å². The van der Waals surface area contributed by atoms with Crippen LogP contribution >= 0.6 is 0 Å². The molecule has 0 bridgehead atoms. The number of carbonyl (C=O) groups excluding carboxylic acids is 1. The van der Waals surface area contributed by atoms with Crippen LogP contribution in [0.2, 0.25) is 0 Å². The summed E-state index contributed by atoms with van der Waals surface area (Å²) in [7, 11) is -7.74. The molecular weight excluding hydrogens is 560 g/mol. The zero-order valence-corrected chi connectivity index (χ0v) is 24.3. The predicted octanol–water partition coefficient (Wildman–Crippen LogP) is 0.698. The molecule has 40 heavy (non-hydrogen) atoms. The van der Waals surface area contributed by atoms with Gasteiger partial charge in [-0.05, 0) is 43.5 Å². The first-order chi connectivity index (χ1) is 19.0. The van der Waals surface area contributed by atoms with Crippen LogP contribution in [0, 0.1) is 5.92 Å². The Bertz CT molecular complexity index is 1420. The number of carbonyl (C=O) groups is 1. The second-order valence-corrected chi connectivity index (χ2v) is 14.8. The van der Waals surface area contributed by atoms with E-state index in [0.29, 0.717) is 63.8 Å². The fourth-order valence-corrected chi connectivity index (χ4v) is 8.35. The van der Waals surface area contributed by atoms with Crippen LogP contribution < -0.4 is 4.90 Å². The van der Waals surface area contributed by atoms with Crippen molar-refractivity contribution < 1.29 is 31.3 Å². The summed E-state index contributed by atoms with van der Waals surface area (Å²) < 4.78 is 60.4. The zero-order valence-electron chi connectivity index (χ0n) is 22.7. The molecule has 2 atom stereocenters. The summed E-state index contributed by atoms with van der Waals surface area (Å²) in [4.78, 5) is 21.5. The van der Waals surface area contributed by atoms with Gasteiger partial charge in [-0.3, -0.25) is 4.79 Å². The van der Waals surface area contributed by atoms with Crippen LogP contribution in [-0.4, -0.2) is 110 Å². The predicted molar refractivity (Wildman–Crippen MR) is 144 cm³/mol. The molecule has 1 amide bonds. The first-order valence-electron chi connectivity index (χ1n) is 13.6. The Hall–Kier alpha value is -2.59. The van der Waals surface area contributed by atoms with Crippen molar-refractivity contribution in [3.63, 3.8) is 0 Å². The number of aliphatic hydroxyl groups excluding tert-OH is 1. The third-order valence-electron chi connectivity index (χ3n) is 7.77. The van der Waals surface area contributed by atoms with Gasteiger partial charge in [-0.2, -0.15) is 13.6 Å². The number of sulfonamides is 2. The minimum Gasteiger partial charge on any atom is -0.392 e. The number of aliphatic hydroxyl groups is 1. The molecule has 13 nitrogen and oxygen atoms in total. The van der Waals surface area contributed by atoms with Crippen molar-refractivity contribution in [2.45, 2.75) is 54.9 Å². The average molecular weight is 597 g/mol. The number of benzene rings is 1. The molecule has 0 spiro atoms. The Kier molecular flexibility index (Phi) is 8.21. The van der Waals surface area contributed by atoms with Crippen molar-refractivity contribution >= 4 is 32.0 Å². The average Bonchev–Trinajstić information content (AvgIpc) is 3.63. The van der Waals surface area contributed by atoms with E-state index in [1.165, 1.54) is 32.9 Å². The third-order valence-corrected chi connectivity index (χ3v) is 11.5. The highest BCUT2D eigenvalue weighted by Gasteiger charge is 2.37. The number of rotatable bonds is 7. The van der Waals surface area contributed by atoms with E-state index >= 15 is 0 Å². The number of nitrogens with zero attached hydrogens (tertiary/aromatic N) is 6. The van der Waals surface area contributed by atoms with Crippen LogP contribution in [0.5, 0.6) is 0 Å². The number of aromatic nitrogens is 2. The molecule has 1 aromatic heterocycles. The Morgan fingerprint density at radius 1 is 0.900 bits per heavy atom. The molecule has 3 fully saturated rings.